The molecule has 138 valence electrons. The second-order valence-electron chi connectivity index (χ2n) is 7.31. The van der Waals surface area contributed by atoms with Gasteiger partial charge in [0.25, 0.3) is 0 Å². The molecule has 2 nitrogen and oxygen atoms in total. The van der Waals surface area contributed by atoms with Gasteiger partial charge in [0.05, 0.1) is 0 Å². The fourth-order valence-corrected chi connectivity index (χ4v) is 3.89. The number of hydrogen-bond acceptors (Lipinski definition) is 2. The van der Waals surface area contributed by atoms with Crippen molar-refractivity contribution >= 4 is 11.6 Å². The van der Waals surface area contributed by atoms with E-state index in [-0.39, 0.29) is 17.7 Å². The molecule has 4 rings (SSSR count). The first kappa shape index (κ1) is 17.7. The Kier molecular flexibility index (Phi) is 5.14. The summed E-state index contributed by atoms with van der Waals surface area (Å²) < 4.78 is 33.1. The Balaban J connectivity index is 1.43. The molecule has 1 heterocycles. The van der Waals surface area contributed by atoms with E-state index < -0.39 is 0 Å². The monoisotopic (exact) mass is 377 g/mol. The minimum absolute atomic E-state index is 0.0299. The first-order valence-corrected chi connectivity index (χ1v) is 9.58. The molecular weight excluding hydrogens is 356 g/mol. The molecular formula is C21H22ClF2NO. The van der Waals surface area contributed by atoms with Crippen LogP contribution < -0.4 is 4.74 Å². The van der Waals surface area contributed by atoms with Crippen LogP contribution in [0.25, 0.3) is 0 Å². The van der Waals surface area contributed by atoms with Crippen LogP contribution >= 0.6 is 11.6 Å². The highest BCUT2D eigenvalue weighted by Gasteiger charge is 2.29. The van der Waals surface area contributed by atoms with Gasteiger partial charge in [-0.1, -0.05) is 23.7 Å². The Morgan fingerprint density at radius 1 is 1.04 bits per heavy atom. The smallest absolute Gasteiger partial charge is 0.126 e. The van der Waals surface area contributed by atoms with Gasteiger partial charge in [-0.25, -0.2) is 8.78 Å². The molecule has 26 heavy (non-hydrogen) atoms. The molecule has 0 amide bonds. The van der Waals surface area contributed by atoms with E-state index in [9.17, 15) is 8.78 Å². The summed E-state index contributed by atoms with van der Waals surface area (Å²) >= 11 is 6.16. The van der Waals surface area contributed by atoms with Gasteiger partial charge in [-0.05, 0) is 67.5 Å². The minimum atomic E-state index is -0.322. The number of hydrogen-bond donors (Lipinski definition) is 0. The largest absolute Gasteiger partial charge is 0.489 e. The van der Waals surface area contributed by atoms with Gasteiger partial charge in [0, 0.05) is 24.2 Å². The van der Waals surface area contributed by atoms with Crippen LogP contribution in [0.15, 0.2) is 36.4 Å². The second-order valence-corrected chi connectivity index (χ2v) is 7.72. The predicted octanol–water partition coefficient (Wildman–Crippen LogP) is 5.54. The van der Waals surface area contributed by atoms with Crippen LogP contribution in [0.4, 0.5) is 8.78 Å². The Morgan fingerprint density at radius 3 is 2.58 bits per heavy atom. The molecule has 2 aromatic carbocycles. The van der Waals surface area contributed by atoms with Gasteiger partial charge in [0.15, 0.2) is 0 Å². The SMILES string of the molecule is Fc1ccc(CN2CCCC(Oc3cc(F)ccc3C3CC3)C2)c(Cl)c1. The fourth-order valence-electron chi connectivity index (χ4n) is 3.67. The number of ether oxygens (including phenoxy) is 1. The molecule has 2 aliphatic rings. The molecule has 2 aromatic rings. The number of likely N-dealkylation sites (tertiary alicyclic amines) is 1. The van der Waals surface area contributed by atoms with Crippen LogP contribution in [0.5, 0.6) is 5.75 Å². The standard InChI is InChI=1S/C21H22ClF2NO/c22-20-10-16(23)6-5-15(20)12-25-9-1-2-18(13-25)26-21-11-17(24)7-8-19(21)14-3-4-14/h5-8,10-11,14,18H,1-4,9,12-13H2. The zero-order valence-corrected chi connectivity index (χ0v) is 15.3. The maximum Gasteiger partial charge on any atom is 0.126 e. The molecule has 0 spiro atoms. The quantitative estimate of drug-likeness (QED) is 0.678. The zero-order chi connectivity index (χ0) is 18.1. The van der Waals surface area contributed by atoms with Gasteiger partial charge in [0.2, 0.25) is 0 Å². The average molecular weight is 378 g/mol. The highest BCUT2D eigenvalue weighted by atomic mass is 35.5. The zero-order valence-electron chi connectivity index (χ0n) is 14.6. The number of piperidine rings is 1. The summed E-state index contributed by atoms with van der Waals surface area (Å²) in [7, 11) is 0. The Bertz CT molecular complexity index is 794. The van der Waals surface area contributed by atoms with Gasteiger partial charge in [-0.15, -0.1) is 0 Å². The summed E-state index contributed by atoms with van der Waals surface area (Å²) in [4.78, 5) is 2.27. The molecule has 1 saturated heterocycles. The van der Waals surface area contributed by atoms with Crippen LogP contribution in [0.3, 0.4) is 0 Å². The number of halogens is 3. The van der Waals surface area contributed by atoms with Crippen molar-refractivity contribution in [2.24, 2.45) is 0 Å². The number of rotatable bonds is 5. The highest BCUT2D eigenvalue weighted by molar-refractivity contribution is 6.31. The first-order valence-electron chi connectivity index (χ1n) is 9.21. The van der Waals surface area contributed by atoms with E-state index in [0.29, 0.717) is 23.2 Å². The van der Waals surface area contributed by atoms with Crippen molar-refractivity contribution in [1.82, 2.24) is 4.90 Å². The van der Waals surface area contributed by atoms with Crippen molar-refractivity contribution in [1.29, 1.82) is 0 Å². The predicted molar refractivity (Wildman–Crippen MR) is 98.7 cm³/mol. The molecule has 1 unspecified atom stereocenters. The minimum Gasteiger partial charge on any atom is -0.489 e. The van der Waals surface area contributed by atoms with Crippen LogP contribution in [-0.4, -0.2) is 24.1 Å². The van der Waals surface area contributed by atoms with Crippen molar-refractivity contribution in [3.63, 3.8) is 0 Å². The summed E-state index contributed by atoms with van der Waals surface area (Å²) in [6, 6.07) is 9.42. The normalized spacial score (nSPS) is 21.0. The topological polar surface area (TPSA) is 12.5 Å². The molecule has 0 bridgehead atoms. The Hall–Kier alpha value is -1.65. The van der Waals surface area contributed by atoms with Crippen molar-refractivity contribution in [2.75, 3.05) is 13.1 Å². The van der Waals surface area contributed by atoms with Crippen LogP contribution in [-0.2, 0) is 6.54 Å². The molecule has 0 N–H and O–H groups in total. The molecule has 0 radical (unpaired) electrons. The molecule has 5 heteroatoms. The highest BCUT2D eigenvalue weighted by Crippen LogP contribution is 2.44. The summed E-state index contributed by atoms with van der Waals surface area (Å²) in [5.74, 6) is 0.634. The Morgan fingerprint density at radius 2 is 1.81 bits per heavy atom. The van der Waals surface area contributed by atoms with Crippen molar-refractivity contribution in [3.8, 4) is 5.75 Å². The van der Waals surface area contributed by atoms with Crippen molar-refractivity contribution < 1.29 is 13.5 Å². The van der Waals surface area contributed by atoms with Crippen LogP contribution in [0.2, 0.25) is 5.02 Å². The maximum atomic E-state index is 13.7. The van der Waals surface area contributed by atoms with E-state index in [1.807, 2.05) is 6.07 Å². The fraction of sp³-hybridized carbons (Fsp3) is 0.429. The lowest BCUT2D eigenvalue weighted by atomic mass is 10.1. The number of nitrogens with zero attached hydrogens (tertiary/aromatic N) is 1. The van der Waals surface area contributed by atoms with Gasteiger partial charge >= 0.3 is 0 Å². The Labute approximate surface area is 157 Å². The van der Waals surface area contributed by atoms with Gasteiger partial charge in [-0.3, -0.25) is 4.90 Å². The van der Waals surface area contributed by atoms with E-state index in [0.717, 1.165) is 49.9 Å². The second kappa shape index (κ2) is 7.53. The van der Waals surface area contributed by atoms with E-state index >= 15 is 0 Å². The lowest BCUT2D eigenvalue weighted by molar-refractivity contribution is 0.0833. The van der Waals surface area contributed by atoms with E-state index in [1.54, 1.807) is 6.07 Å². The van der Waals surface area contributed by atoms with Gasteiger partial charge in [0.1, 0.15) is 23.5 Å². The first-order chi connectivity index (χ1) is 12.6. The number of benzene rings is 2. The lowest BCUT2D eigenvalue weighted by Gasteiger charge is -2.33. The summed E-state index contributed by atoms with van der Waals surface area (Å²) in [5.41, 5.74) is 2.04. The van der Waals surface area contributed by atoms with E-state index in [2.05, 4.69) is 4.90 Å². The third-order valence-electron chi connectivity index (χ3n) is 5.16. The molecule has 0 aromatic heterocycles. The summed E-state index contributed by atoms with van der Waals surface area (Å²) in [6.45, 7) is 2.37. The van der Waals surface area contributed by atoms with Gasteiger partial charge < -0.3 is 4.74 Å². The third-order valence-corrected chi connectivity index (χ3v) is 5.51. The van der Waals surface area contributed by atoms with E-state index in [4.69, 9.17) is 16.3 Å². The molecule has 1 aliphatic heterocycles. The lowest BCUT2D eigenvalue weighted by Crippen LogP contribution is -2.40. The average Bonchev–Trinajstić information content (AvgIpc) is 3.43. The maximum absolute atomic E-state index is 13.7. The van der Waals surface area contributed by atoms with Gasteiger partial charge in [-0.2, -0.15) is 0 Å². The van der Waals surface area contributed by atoms with Crippen molar-refractivity contribution in [2.45, 2.75) is 44.2 Å². The van der Waals surface area contributed by atoms with Crippen LogP contribution in [0, 0.1) is 11.6 Å². The van der Waals surface area contributed by atoms with E-state index in [1.165, 1.54) is 24.3 Å². The third kappa shape index (κ3) is 4.18. The van der Waals surface area contributed by atoms with Crippen LogP contribution in [0.1, 0.15) is 42.7 Å². The molecule has 1 saturated carbocycles. The molecule has 1 atom stereocenters. The summed E-state index contributed by atoms with van der Waals surface area (Å²) in [6.07, 6.45) is 4.30. The van der Waals surface area contributed by atoms with Crippen molar-refractivity contribution in [3.05, 3.63) is 64.2 Å². The summed E-state index contributed by atoms with van der Waals surface area (Å²) in [5, 5.41) is 0.453. The molecule has 1 aliphatic carbocycles. The molecule has 2 fully saturated rings.